The van der Waals surface area contributed by atoms with Crippen LogP contribution < -0.4 is 11.1 Å². The normalized spacial score (nSPS) is 12.0. The SMILES string of the molecule is CC(C)C(C(=O)NCCc1cccc(C(N)=O)c1)n1nnc(-c2ccccc2)n1. The van der Waals surface area contributed by atoms with E-state index in [0.29, 0.717) is 24.4 Å². The molecule has 2 amide bonds. The minimum Gasteiger partial charge on any atom is -0.366 e. The Morgan fingerprint density at radius 3 is 2.55 bits per heavy atom. The molecular weight excluding hydrogens is 368 g/mol. The molecule has 0 saturated carbocycles. The van der Waals surface area contributed by atoms with Crippen molar-refractivity contribution in [2.75, 3.05) is 6.54 Å². The summed E-state index contributed by atoms with van der Waals surface area (Å²) in [5.41, 5.74) is 7.53. The van der Waals surface area contributed by atoms with E-state index >= 15 is 0 Å². The fourth-order valence-electron chi connectivity index (χ4n) is 3.03. The molecular formula is C21H24N6O2. The predicted octanol–water partition coefficient (Wildman–Crippen LogP) is 1.99. The largest absolute Gasteiger partial charge is 0.366 e. The Labute approximate surface area is 169 Å². The van der Waals surface area contributed by atoms with Crippen molar-refractivity contribution >= 4 is 11.8 Å². The number of amides is 2. The molecule has 150 valence electrons. The van der Waals surface area contributed by atoms with Gasteiger partial charge in [-0.1, -0.05) is 56.3 Å². The van der Waals surface area contributed by atoms with Crippen LogP contribution in [0.3, 0.4) is 0 Å². The molecule has 1 aromatic heterocycles. The van der Waals surface area contributed by atoms with E-state index < -0.39 is 11.9 Å². The molecule has 8 nitrogen and oxygen atoms in total. The summed E-state index contributed by atoms with van der Waals surface area (Å²) in [4.78, 5) is 25.4. The molecule has 8 heteroatoms. The first kappa shape index (κ1) is 20.2. The zero-order valence-electron chi connectivity index (χ0n) is 16.4. The van der Waals surface area contributed by atoms with Gasteiger partial charge in [-0.3, -0.25) is 9.59 Å². The molecule has 1 heterocycles. The summed E-state index contributed by atoms with van der Waals surface area (Å²) in [7, 11) is 0. The standard InChI is InChI=1S/C21H24N6O2/c1-14(2)18(27-25-20(24-26-27)16-8-4-3-5-9-16)21(29)23-12-11-15-7-6-10-17(13-15)19(22)28/h3-10,13-14,18H,11-12H2,1-2H3,(H2,22,28)(H,23,29). The number of carbonyl (C=O) groups is 2. The molecule has 3 N–H and O–H groups in total. The molecule has 0 bridgehead atoms. The Hall–Kier alpha value is -3.55. The predicted molar refractivity (Wildman–Crippen MR) is 109 cm³/mol. The minimum atomic E-state index is -0.572. The van der Waals surface area contributed by atoms with E-state index in [0.717, 1.165) is 11.1 Å². The Morgan fingerprint density at radius 2 is 1.86 bits per heavy atom. The topological polar surface area (TPSA) is 116 Å². The van der Waals surface area contributed by atoms with E-state index in [-0.39, 0.29) is 11.8 Å². The number of nitrogens with two attached hydrogens (primary N) is 1. The summed E-state index contributed by atoms with van der Waals surface area (Å²) in [6.45, 7) is 4.29. The van der Waals surface area contributed by atoms with Gasteiger partial charge >= 0.3 is 0 Å². The zero-order chi connectivity index (χ0) is 20.8. The lowest BCUT2D eigenvalue weighted by Crippen LogP contribution is -2.37. The highest BCUT2D eigenvalue weighted by Crippen LogP contribution is 2.18. The molecule has 1 atom stereocenters. The molecule has 0 fully saturated rings. The molecule has 0 aliphatic rings. The van der Waals surface area contributed by atoms with E-state index in [2.05, 4.69) is 20.7 Å². The first-order valence-electron chi connectivity index (χ1n) is 9.47. The Kier molecular flexibility index (Phi) is 6.33. The maximum Gasteiger partial charge on any atom is 0.248 e. The maximum absolute atomic E-state index is 12.8. The Morgan fingerprint density at radius 1 is 1.10 bits per heavy atom. The highest BCUT2D eigenvalue weighted by Gasteiger charge is 2.27. The van der Waals surface area contributed by atoms with Crippen molar-refractivity contribution in [2.45, 2.75) is 26.3 Å². The number of primary amides is 1. The summed E-state index contributed by atoms with van der Waals surface area (Å²) in [5.74, 6) is -0.191. The number of nitrogens with zero attached hydrogens (tertiary/aromatic N) is 4. The van der Waals surface area contributed by atoms with Crippen LogP contribution in [-0.4, -0.2) is 38.6 Å². The number of rotatable bonds is 8. The van der Waals surface area contributed by atoms with Gasteiger partial charge in [-0.2, -0.15) is 4.80 Å². The van der Waals surface area contributed by atoms with Crippen LogP contribution in [0.4, 0.5) is 0 Å². The van der Waals surface area contributed by atoms with Crippen molar-refractivity contribution < 1.29 is 9.59 Å². The van der Waals surface area contributed by atoms with Crippen molar-refractivity contribution in [1.82, 2.24) is 25.5 Å². The monoisotopic (exact) mass is 392 g/mol. The van der Waals surface area contributed by atoms with Gasteiger partial charge in [-0.15, -0.1) is 10.2 Å². The lowest BCUT2D eigenvalue weighted by atomic mass is 10.0. The van der Waals surface area contributed by atoms with Crippen molar-refractivity contribution in [3.8, 4) is 11.4 Å². The summed E-state index contributed by atoms with van der Waals surface area (Å²) in [5, 5.41) is 15.5. The van der Waals surface area contributed by atoms with Crippen LogP contribution in [0.2, 0.25) is 0 Å². The fraction of sp³-hybridized carbons (Fsp3) is 0.286. The number of benzene rings is 2. The number of hydrogen-bond donors (Lipinski definition) is 2. The van der Waals surface area contributed by atoms with Crippen LogP contribution in [0, 0.1) is 5.92 Å². The van der Waals surface area contributed by atoms with Crippen molar-refractivity contribution in [1.29, 1.82) is 0 Å². The van der Waals surface area contributed by atoms with Gasteiger partial charge in [0.1, 0.15) is 0 Å². The number of nitrogens with one attached hydrogen (secondary N) is 1. The first-order chi connectivity index (χ1) is 14.0. The fourth-order valence-corrected chi connectivity index (χ4v) is 3.03. The van der Waals surface area contributed by atoms with Gasteiger partial charge in [0.15, 0.2) is 6.04 Å². The third-order valence-electron chi connectivity index (χ3n) is 4.53. The second kappa shape index (κ2) is 9.09. The first-order valence-corrected chi connectivity index (χ1v) is 9.47. The molecule has 3 rings (SSSR count). The van der Waals surface area contributed by atoms with Crippen LogP contribution >= 0.6 is 0 Å². The highest BCUT2D eigenvalue weighted by molar-refractivity contribution is 5.92. The second-order valence-corrected chi connectivity index (χ2v) is 7.09. The third-order valence-corrected chi connectivity index (χ3v) is 4.53. The van der Waals surface area contributed by atoms with Crippen LogP contribution in [-0.2, 0) is 11.2 Å². The molecule has 3 aromatic rings. The van der Waals surface area contributed by atoms with Gasteiger partial charge in [0, 0.05) is 17.7 Å². The van der Waals surface area contributed by atoms with Gasteiger partial charge < -0.3 is 11.1 Å². The Bertz CT molecular complexity index is 984. The zero-order valence-corrected chi connectivity index (χ0v) is 16.4. The van der Waals surface area contributed by atoms with Gasteiger partial charge in [0.2, 0.25) is 17.6 Å². The number of tetrazole rings is 1. The Balaban J connectivity index is 1.65. The molecule has 1 unspecified atom stereocenters. The van der Waals surface area contributed by atoms with E-state index in [1.54, 1.807) is 18.2 Å². The number of carbonyl (C=O) groups excluding carboxylic acids is 2. The molecule has 0 aliphatic carbocycles. The smallest absolute Gasteiger partial charge is 0.248 e. The van der Waals surface area contributed by atoms with Crippen molar-refractivity contribution in [3.05, 3.63) is 65.7 Å². The lowest BCUT2D eigenvalue weighted by molar-refractivity contribution is -0.126. The molecule has 0 spiro atoms. The number of aromatic nitrogens is 4. The third kappa shape index (κ3) is 5.04. The second-order valence-electron chi connectivity index (χ2n) is 7.09. The quantitative estimate of drug-likeness (QED) is 0.608. The van der Waals surface area contributed by atoms with E-state index in [9.17, 15) is 9.59 Å². The molecule has 0 saturated heterocycles. The van der Waals surface area contributed by atoms with Gasteiger partial charge in [-0.05, 0) is 35.2 Å². The maximum atomic E-state index is 12.8. The molecule has 0 radical (unpaired) electrons. The van der Waals surface area contributed by atoms with Crippen LogP contribution in [0.25, 0.3) is 11.4 Å². The average Bonchev–Trinajstić information content (AvgIpc) is 3.18. The molecule has 0 aliphatic heterocycles. The summed E-state index contributed by atoms with van der Waals surface area (Å²) in [6, 6.07) is 16.0. The summed E-state index contributed by atoms with van der Waals surface area (Å²) >= 11 is 0. The van der Waals surface area contributed by atoms with E-state index in [4.69, 9.17) is 5.73 Å². The molecule has 29 heavy (non-hydrogen) atoms. The van der Waals surface area contributed by atoms with Gasteiger partial charge in [-0.25, -0.2) is 0 Å². The van der Waals surface area contributed by atoms with Crippen LogP contribution in [0.15, 0.2) is 54.6 Å². The average molecular weight is 392 g/mol. The van der Waals surface area contributed by atoms with Gasteiger partial charge in [0.25, 0.3) is 0 Å². The summed E-state index contributed by atoms with van der Waals surface area (Å²) < 4.78 is 0. The van der Waals surface area contributed by atoms with Crippen molar-refractivity contribution in [3.63, 3.8) is 0 Å². The van der Waals surface area contributed by atoms with E-state index in [1.165, 1.54) is 4.80 Å². The number of hydrogen-bond acceptors (Lipinski definition) is 5. The minimum absolute atomic E-state index is 0.0222. The highest BCUT2D eigenvalue weighted by atomic mass is 16.2. The lowest BCUT2D eigenvalue weighted by Gasteiger charge is -2.18. The van der Waals surface area contributed by atoms with Crippen molar-refractivity contribution in [2.24, 2.45) is 11.7 Å². The van der Waals surface area contributed by atoms with Crippen LogP contribution in [0.1, 0.15) is 35.8 Å². The van der Waals surface area contributed by atoms with Gasteiger partial charge in [0.05, 0.1) is 0 Å². The summed E-state index contributed by atoms with van der Waals surface area (Å²) in [6.07, 6.45) is 0.581. The van der Waals surface area contributed by atoms with Crippen LogP contribution in [0.5, 0.6) is 0 Å². The van der Waals surface area contributed by atoms with E-state index in [1.807, 2.05) is 50.2 Å². The molecule has 2 aromatic carbocycles.